The van der Waals surface area contributed by atoms with E-state index in [4.69, 9.17) is 0 Å². The zero-order chi connectivity index (χ0) is 12.1. The van der Waals surface area contributed by atoms with Gasteiger partial charge >= 0.3 is 0 Å². The van der Waals surface area contributed by atoms with Crippen LogP contribution in [-0.2, 0) is 7.05 Å². The lowest BCUT2D eigenvalue weighted by atomic mass is 10.2. The second-order valence-electron chi connectivity index (χ2n) is 3.45. The van der Waals surface area contributed by atoms with Crippen molar-refractivity contribution < 1.29 is 9.90 Å². The molecule has 0 aliphatic rings. The summed E-state index contributed by atoms with van der Waals surface area (Å²) in [5, 5.41) is 15.6. The number of hydrogen-bond donors (Lipinski definition) is 2. The smallest absolute Gasteiger partial charge is 0.271 e. The minimum atomic E-state index is -0.559. The van der Waals surface area contributed by atoms with Crippen LogP contribution in [0.5, 0.6) is 0 Å². The Morgan fingerprint density at radius 2 is 2.31 bits per heavy atom. The van der Waals surface area contributed by atoms with E-state index in [1.54, 1.807) is 0 Å². The highest BCUT2D eigenvalue weighted by Gasteiger charge is 2.09. The Kier molecular flexibility index (Phi) is 4.19. The third-order valence-electron chi connectivity index (χ3n) is 2.16. The molecule has 2 N–H and O–H groups in total. The van der Waals surface area contributed by atoms with Crippen molar-refractivity contribution in [2.24, 2.45) is 7.05 Å². The second-order valence-corrected chi connectivity index (χ2v) is 3.45. The van der Waals surface area contributed by atoms with Crippen molar-refractivity contribution in [2.45, 2.75) is 19.4 Å². The molecule has 0 saturated heterocycles. The summed E-state index contributed by atoms with van der Waals surface area (Å²) in [5.41, 5.74) is -0.115. The summed E-state index contributed by atoms with van der Waals surface area (Å²) in [6.45, 7) is 2.00. The molecule has 1 rings (SSSR count). The molecule has 0 bridgehead atoms. The van der Waals surface area contributed by atoms with Crippen LogP contribution in [0.4, 0.5) is 0 Å². The third kappa shape index (κ3) is 3.16. The predicted octanol–water partition coefficient (Wildman–Crippen LogP) is -0.719. The van der Waals surface area contributed by atoms with Gasteiger partial charge in [0.05, 0.1) is 6.10 Å². The molecule has 1 aromatic rings. The Balaban J connectivity index is 2.66. The van der Waals surface area contributed by atoms with Crippen LogP contribution in [0.3, 0.4) is 0 Å². The first-order chi connectivity index (χ1) is 7.54. The van der Waals surface area contributed by atoms with E-state index in [0.717, 1.165) is 4.68 Å². The Hall–Kier alpha value is -1.69. The Labute approximate surface area is 92.9 Å². The lowest BCUT2D eigenvalue weighted by Gasteiger charge is -2.09. The molecular formula is C10H15N3O3. The van der Waals surface area contributed by atoms with Gasteiger partial charge in [-0.15, -0.1) is 0 Å². The fourth-order valence-electron chi connectivity index (χ4n) is 1.07. The fraction of sp³-hybridized carbons (Fsp3) is 0.500. The highest BCUT2D eigenvalue weighted by atomic mass is 16.3. The van der Waals surface area contributed by atoms with Crippen molar-refractivity contribution in [3.63, 3.8) is 0 Å². The first kappa shape index (κ1) is 12.4. The summed E-state index contributed by atoms with van der Waals surface area (Å²) >= 11 is 0. The Morgan fingerprint density at radius 1 is 1.62 bits per heavy atom. The zero-order valence-electron chi connectivity index (χ0n) is 9.30. The summed E-state index contributed by atoms with van der Waals surface area (Å²) in [7, 11) is 1.47. The van der Waals surface area contributed by atoms with Crippen molar-refractivity contribution in [2.75, 3.05) is 6.54 Å². The molecule has 0 spiro atoms. The van der Waals surface area contributed by atoms with Crippen LogP contribution in [0.25, 0.3) is 0 Å². The average molecular weight is 225 g/mol. The monoisotopic (exact) mass is 225 g/mol. The molecule has 1 unspecified atom stereocenters. The number of nitrogens with zero attached hydrogens (tertiary/aromatic N) is 2. The van der Waals surface area contributed by atoms with Crippen LogP contribution >= 0.6 is 0 Å². The topological polar surface area (TPSA) is 84.2 Å². The maximum atomic E-state index is 11.5. The predicted molar refractivity (Wildman–Crippen MR) is 58.1 cm³/mol. The molecule has 88 valence electrons. The summed E-state index contributed by atoms with van der Waals surface area (Å²) in [4.78, 5) is 22.6. The molecule has 16 heavy (non-hydrogen) atoms. The van der Waals surface area contributed by atoms with Crippen LogP contribution in [0.2, 0.25) is 0 Å². The van der Waals surface area contributed by atoms with Crippen LogP contribution < -0.4 is 10.9 Å². The van der Waals surface area contributed by atoms with Gasteiger partial charge in [-0.3, -0.25) is 9.59 Å². The highest BCUT2D eigenvalue weighted by molar-refractivity contribution is 5.91. The third-order valence-corrected chi connectivity index (χ3v) is 2.16. The number of nitrogens with one attached hydrogen (secondary N) is 1. The normalized spacial score (nSPS) is 12.2. The minimum absolute atomic E-state index is 0.158. The molecule has 0 fully saturated rings. The minimum Gasteiger partial charge on any atom is -0.391 e. The highest BCUT2D eigenvalue weighted by Crippen LogP contribution is 1.91. The van der Waals surface area contributed by atoms with E-state index in [2.05, 4.69) is 10.4 Å². The number of aryl methyl sites for hydroxylation is 1. The van der Waals surface area contributed by atoms with E-state index in [9.17, 15) is 14.7 Å². The first-order valence-electron chi connectivity index (χ1n) is 5.05. The van der Waals surface area contributed by atoms with Gasteiger partial charge in [-0.1, -0.05) is 6.92 Å². The molecule has 6 nitrogen and oxygen atoms in total. The van der Waals surface area contributed by atoms with Gasteiger partial charge in [0.15, 0.2) is 0 Å². The molecular weight excluding hydrogens is 210 g/mol. The number of amides is 1. The molecule has 0 aliphatic carbocycles. The molecule has 0 aliphatic heterocycles. The van der Waals surface area contributed by atoms with Gasteiger partial charge < -0.3 is 10.4 Å². The largest absolute Gasteiger partial charge is 0.391 e. The molecule has 0 radical (unpaired) electrons. The van der Waals surface area contributed by atoms with Gasteiger partial charge in [-0.05, 0) is 12.5 Å². The van der Waals surface area contributed by atoms with Gasteiger partial charge in [0, 0.05) is 19.7 Å². The second kappa shape index (κ2) is 5.41. The van der Waals surface area contributed by atoms with Crippen LogP contribution in [0, 0.1) is 0 Å². The van der Waals surface area contributed by atoms with E-state index in [-0.39, 0.29) is 17.8 Å². The van der Waals surface area contributed by atoms with Crippen molar-refractivity contribution >= 4 is 5.91 Å². The van der Waals surface area contributed by atoms with Gasteiger partial charge in [0.2, 0.25) is 0 Å². The number of carbonyl (C=O) groups is 1. The van der Waals surface area contributed by atoms with Crippen LogP contribution in [0.15, 0.2) is 16.9 Å². The number of rotatable bonds is 4. The van der Waals surface area contributed by atoms with Crippen molar-refractivity contribution in [3.05, 3.63) is 28.2 Å². The van der Waals surface area contributed by atoms with Gasteiger partial charge in [-0.2, -0.15) is 5.10 Å². The number of carbonyl (C=O) groups excluding carboxylic acids is 1. The maximum Gasteiger partial charge on any atom is 0.271 e. The van der Waals surface area contributed by atoms with E-state index < -0.39 is 12.0 Å². The van der Waals surface area contributed by atoms with Gasteiger partial charge in [0.1, 0.15) is 5.69 Å². The van der Waals surface area contributed by atoms with Crippen LogP contribution in [-0.4, -0.2) is 33.4 Å². The van der Waals surface area contributed by atoms with Crippen LogP contribution in [0.1, 0.15) is 23.8 Å². The molecule has 1 atom stereocenters. The molecule has 1 amide bonds. The zero-order valence-corrected chi connectivity index (χ0v) is 9.30. The SMILES string of the molecule is CCC(O)CNC(=O)c1ccc(=O)n(C)n1. The number of aromatic nitrogens is 2. The standard InChI is InChI=1S/C10H15N3O3/c1-3-7(14)6-11-10(16)8-4-5-9(15)13(2)12-8/h4-5,7,14H,3,6H2,1-2H3,(H,11,16). The van der Waals surface area contributed by atoms with E-state index >= 15 is 0 Å². The van der Waals surface area contributed by atoms with Crippen molar-refractivity contribution in [3.8, 4) is 0 Å². The molecule has 1 aromatic heterocycles. The quantitative estimate of drug-likeness (QED) is 0.708. The lowest BCUT2D eigenvalue weighted by molar-refractivity contribution is 0.0906. The van der Waals surface area contributed by atoms with Gasteiger partial charge in [0.25, 0.3) is 11.5 Å². The number of aliphatic hydroxyl groups is 1. The van der Waals surface area contributed by atoms with Gasteiger partial charge in [-0.25, -0.2) is 4.68 Å². The molecule has 0 saturated carbocycles. The van der Waals surface area contributed by atoms with Crippen molar-refractivity contribution in [1.29, 1.82) is 0 Å². The van der Waals surface area contributed by atoms with Crippen molar-refractivity contribution in [1.82, 2.24) is 15.1 Å². The summed E-state index contributed by atoms with van der Waals surface area (Å²) in [5.74, 6) is -0.400. The molecule has 1 heterocycles. The summed E-state index contributed by atoms with van der Waals surface area (Å²) in [6.07, 6.45) is 0.0116. The first-order valence-corrected chi connectivity index (χ1v) is 5.05. The van der Waals surface area contributed by atoms with E-state index in [1.165, 1.54) is 19.2 Å². The summed E-state index contributed by atoms with van der Waals surface area (Å²) < 4.78 is 1.09. The lowest BCUT2D eigenvalue weighted by Crippen LogP contribution is -2.33. The fourth-order valence-corrected chi connectivity index (χ4v) is 1.07. The number of aliphatic hydroxyl groups excluding tert-OH is 1. The molecule has 0 aromatic carbocycles. The average Bonchev–Trinajstić information content (AvgIpc) is 2.29. The van der Waals surface area contributed by atoms with E-state index in [0.29, 0.717) is 6.42 Å². The maximum absolute atomic E-state index is 11.5. The van der Waals surface area contributed by atoms with E-state index in [1.807, 2.05) is 6.92 Å². The number of hydrogen-bond acceptors (Lipinski definition) is 4. The Bertz CT molecular complexity index is 428. The molecule has 6 heteroatoms. The Morgan fingerprint density at radius 3 is 2.88 bits per heavy atom. The summed E-state index contributed by atoms with van der Waals surface area (Å²) in [6, 6.07) is 2.63.